The minimum Gasteiger partial charge on any atom is -0.354 e. The molecule has 0 spiro atoms. The summed E-state index contributed by atoms with van der Waals surface area (Å²) in [7, 11) is 0. The van der Waals surface area contributed by atoms with Crippen LogP contribution in [0.2, 0.25) is 0 Å². The van der Waals surface area contributed by atoms with E-state index in [0.717, 1.165) is 25.8 Å². The van der Waals surface area contributed by atoms with E-state index in [-0.39, 0.29) is 17.9 Å². The molecule has 3 unspecified atom stereocenters. The van der Waals surface area contributed by atoms with E-state index in [1.54, 1.807) is 6.92 Å². The molecule has 1 aliphatic rings. The number of carbonyl (C=O) groups is 2. The fourth-order valence-electron chi connectivity index (χ4n) is 2.09. The molecule has 2 amide bonds. The largest absolute Gasteiger partial charge is 0.354 e. The summed E-state index contributed by atoms with van der Waals surface area (Å²) in [5.41, 5.74) is 0. The van der Waals surface area contributed by atoms with Crippen LogP contribution >= 0.6 is 0 Å². The second-order valence-electron chi connectivity index (χ2n) is 5.16. The zero-order valence-electron chi connectivity index (χ0n) is 11.6. The number of rotatable bonds is 5. The second kappa shape index (κ2) is 7.36. The van der Waals surface area contributed by atoms with E-state index >= 15 is 0 Å². The summed E-state index contributed by atoms with van der Waals surface area (Å²) >= 11 is 0. The third kappa shape index (κ3) is 4.64. The average Bonchev–Trinajstić information content (AvgIpc) is 2.35. The molecule has 0 aromatic rings. The molecule has 0 saturated carbocycles. The molecular formula is C13H25N3O2. The fraction of sp³-hybridized carbons (Fsp3) is 0.846. The highest BCUT2D eigenvalue weighted by Crippen LogP contribution is 2.14. The van der Waals surface area contributed by atoms with Crippen molar-refractivity contribution in [1.82, 2.24) is 16.0 Å². The Morgan fingerprint density at radius 1 is 1.44 bits per heavy atom. The highest BCUT2D eigenvalue weighted by Gasteiger charge is 2.26. The maximum absolute atomic E-state index is 12.0. The molecule has 1 rings (SSSR count). The predicted octanol–water partition coefficient (Wildman–Crippen LogP) is 0.405. The van der Waals surface area contributed by atoms with Gasteiger partial charge in [-0.1, -0.05) is 13.8 Å². The van der Waals surface area contributed by atoms with Gasteiger partial charge < -0.3 is 16.0 Å². The van der Waals surface area contributed by atoms with Crippen LogP contribution in [0.1, 0.15) is 40.0 Å². The Morgan fingerprint density at radius 2 is 2.17 bits per heavy atom. The molecule has 5 heteroatoms. The number of amides is 2. The van der Waals surface area contributed by atoms with Gasteiger partial charge in [0.1, 0.15) is 6.04 Å². The standard InChI is InChI=1S/C13H25N3O2/c1-4-6-15-12(17)10(3)16-13(18)11-8-9(2)5-7-14-11/h9-11,14H,4-8H2,1-3H3,(H,15,17)(H,16,18). The second-order valence-corrected chi connectivity index (χ2v) is 5.16. The topological polar surface area (TPSA) is 70.2 Å². The van der Waals surface area contributed by atoms with Gasteiger partial charge in [-0.25, -0.2) is 0 Å². The number of nitrogens with one attached hydrogen (secondary N) is 3. The predicted molar refractivity (Wildman–Crippen MR) is 71.1 cm³/mol. The van der Waals surface area contributed by atoms with Crippen molar-refractivity contribution in [3.63, 3.8) is 0 Å². The average molecular weight is 255 g/mol. The number of hydrogen-bond donors (Lipinski definition) is 3. The van der Waals surface area contributed by atoms with Crippen LogP contribution in [0.25, 0.3) is 0 Å². The molecule has 0 aromatic carbocycles. The molecule has 0 bridgehead atoms. The van der Waals surface area contributed by atoms with Gasteiger partial charge >= 0.3 is 0 Å². The van der Waals surface area contributed by atoms with Crippen LogP contribution in [0.15, 0.2) is 0 Å². The van der Waals surface area contributed by atoms with Crippen molar-refractivity contribution in [2.75, 3.05) is 13.1 Å². The molecule has 0 aliphatic carbocycles. The normalized spacial score (nSPS) is 25.3. The highest BCUT2D eigenvalue weighted by atomic mass is 16.2. The van der Waals surface area contributed by atoms with E-state index < -0.39 is 6.04 Å². The first-order valence-electron chi connectivity index (χ1n) is 6.86. The lowest BCUT2D eigenvalue weighted by Crippen LogP contribution is -2.53. The smallest absolute Gasteiger partial charge is 0.242 e. The number of hydrogen-bond acceptors (Lipinski definition) is 3. The van der Waals surface area contributed by atoms with Crippen LogP contribution in [0.3, 0.4) is 0 Å². The molecule has 0 radical (unpaired) electrons. The monoisotopic (exact) mass is 255 g/mol. The van der Waals surface area contributed by atoms with Gasteiger partial charge in [0, 0.05) is 6.54 Å². The Labute approximate surface area is 109 Å². The van der Waals surface area contributed by atoms with Gasteiger partial charge in [0.05, 0.1) is 6.04 Å². The van der Waals surface area contributed by atoms with Crippen molar-refractivity contribution in [3.8, 4) is 0 Å². The Balaban J connectivity index is 2.36. The molecule has 1 aliphatic heterocycles. The van der Waals surface area contributed by atoms with Crippen molar-refractivity contribution >= 4 is 11.8 Å². The van der Waals surface area contributed by atoms with Gasteiger partial charge in [-0.05, 0) is 38.6 Å². The first kappa shape index (κ1) is 15.0. The molecule has 1 saturated heterocycles. The van der Waals surface area contributed by atoms with Crippen LogP contribution in [0.5, 0.6) is 0 Å². The quantitative estimate of drug-likeness (QED) is 0.666. The first-order chi connectivity index (χ1) is 8.54. The third-order valence-corrected chi connectivity index (χ3v) is 3.28. The summed E-state index contributed by atoms with van der Waals surface area (Å²) in [5, 5.41) is 8.73. The lowest BCUT2D eigenvalue weighted by molar-refractivity contribution is -0.130. The van der Waals surface area contributed by atoms with Crippen LogP contribution in [-0.2, 0) is 9.59 Å². The Bertz CT molecular complexity index is 294. The number of carbonyl (C=O) groups excluding carboxylic acids is 2. The van der Waals surface area contributed by atoms with Gasteiger partial charge in [-0.3, -0.25) is 9.59 Å². The summed E-state index contributed by atoms with van der Waals surface area (Å²) in [6.07, 6.45) is 2.85. The molecule has 1 fully saturated rings. The molecule has 0 aromatic heterocycles. The van der Waals surface area contributed by atoms with E-state index in [2.05, 4.69) is 22.9 Å². The van der Waals surface area contributed by atoms with E-state index in [9.17, 15) is 9.59 Å². The van der Waals surface area contributed by atoms with Gasteiger partial charge in [-0.2, -0.15) is 0 Å². The molecular weight excluding hydrogens is 230 g/mol. The Hall–Kier alpha value is -1.10. The third-order valence-electron chi connectivity index (χ3n) is 3.28. The van der Waals surface area contributed by atoms with Gasteiger partial charge in [0.2, 0.25) is 11.8 Å². The number of piperidine rings is 1. The Morgan fingerprint density at radius 3 is 2.78 bits per heavy atom. The SMILES string of the molecule is CCCNC(=O)C(C)NC(=O)C1CC(C)CCN1. The molecule has 5 nitrogen and oxygen atoms in total. The lowest BCUT2D eigenvalue weighted by Gasteiger charge is -2.28. The maximum Gasteiger partial charge on any atom is 0.242 e. The Kier molecular flexibility index (Phi) is 6.12. The van der Waals surface area contributed by atoms with E-state index in [1.807, 2.05) is 6.92 Å². The van der Waals surface area contributed by atoms with Crippen LogP contribution in [0, 0.1) is 5.92 Å². The van der Waals surface area contributed by atoms with Crippen molar-refractivity contribution in [2.24, 2.45) is 5.92 Å². The van der Waals surface area contributed by atoms with Crippen LogP contribution < -0.4 is 16.0 Å². The zero-order valence-corrected chi connectivity index (χ0v) is 11.6. The van der Waals surface area contributed by atoms with Crippen LogP contribution in [-0.4, -0.2) is 37.0 Å². The minimum atomic E-state index is -0.469. The minimum absolute atomic E-state index is 0.0688. The van der Waals surface area contributed by atoms with E-state index in [4.69, 9.17) is 0 Å². The maximum atomic E-state index is 12.0. The first-order valence-corrected chi connectivity index (χ1v) is 6.86. The lowest BCUT2D eigenvalue weighted by atomic mass is 9.94. The van der Waals surface area contributed by atoms with Crippen molar-refractivity contribution in [1.29, 1.82) is 0 Å². The molecule has 1 heterocycles. The van der Waals surface area contributed by atoms with Crippen molar-refractivity contribution < 1.29 is 9.59 Å². The fourth-order valence-corrected chi connectivity index (χ4v) is 2.09. The van der Waals surface area contributed by atoms with Crippen molar-refractivity contribution in [2.45, 2.75) is 52.1 Å². The summed E-state index contributed by atoms with van der Waals surface area (Å²) in [4.78, 5) is 23.6. The molecule has 3 N–H and O–H groups in total. The van der Waals surface area contributed by atoms with Crippen LogP contribution in [0.4, 0.5) is 0 Å². The van der Waals surface area contributed by atoms with Crippen molar-refractivity contribution in [3.05, 3.63) is 0 Å². The van der Waals surface area contributed by atoms with Gasteiger partial charge in [0.25, 0.3) is 0 Å². The zero-order chi connectivity index (χ0) is 13.5. The molecule has 3 atom stereocenters. The summed E-state index contributed by atoms with van der Waals surface area (Å²) in [6, 6.07) is -0.627. The summed E-state index contributed by atoms with van der Waals surface area (Å²) in [5.74, 6) is 0.376. The molecule has 18 heavy (non-hydrogen) atoms. The van der Waals surface area contributed by atoms with E-state index in [1.165, 1.54) is 0 Å². The van der Waals surface area contributed by atoms with Gasteiger partial charge in [-0.15, -0.1) is 0 Å². The van der Waals surface area contributed by atoms with Gasteiger partial charge in [0.15, 0.2) is 0 Å². The summed E-state index contributed by atoms with van der Waals surface area (Å²) < 4.78 is 0. The highest BCUT2D eigenvalue weighted by molar-refractivity contribution is 5.89. The van der Waals surface area contributed by atoms with E-state index in [0.29, 0.717) is 12.5 Å². The molecule has 104 valence electrons. The summed E-state index contributed by atoms with van der Waals surface area (Å²) in [6.45, 7) is 7.39.